The van der Waals surface area contributed by atoms with Gasteiger partial charge in [-0.05, 0) is 68.9 Å². The molecule has 2 saturated carbocycles. The van der Waals surface area contributed by atoms with Crippen molar-refractivity contribution in [3.63, 3.8) is 0 Å². The smallest absolute Gasteiger partial charge is 0.266 e. The number of halogens is 2. The molecule has 0 unspecified atom stereocenters. The minimum absolute atomic E-state index is 0.0851. The number of allylic oxidation sites excluding steroid dienone is 4. The van der Waals surface area contributed by atoms with Gasteiger partial charge >= 0.3 is 0 Å². The molecule has 1 nitrogen and oxygen atoms in total. The first-order valence-electron chi connectivity index (χ1n) is 7.12. The summed E-state index contributed by atoms with van der Waals surface area (Å²) in [5.74, 6) is 0.0851. The van der Waals surface area contributed by atoms with Crippen LogP contribution in [0.15, 0.2) is 35.1 Å². The molecule has 0 bridgehead atoms. The molecule has 3 heteroatoms. The third-order valence-corrected chi connectivity index (χ3v) is 4.28. The van der Waals surface area contributed by atoms with Gasteiger partial charge in [0, 0.05) is 0 Å². The molecule has 2 aliphatic rings. The largest absolute Gasteiger partial charge is 0.504 e. The van der Waals surface area contributed by atoms with Crippen LogP contribution in [0.4, 0.5) is 8.78 Å². The van der Waals surface area contributed by atoms with Crippen molar-refractivity contribution in [2.75, 3.05) is 7.11 Å². The average molecular weight is 268 g/mol. The van der Waals surface area contributed by atoms with Crippen LogP contribution in [0.3, 0.4) is 0 Å². The Hall–Kier alpha value is -1.12. The Bertz CT molecular complexity index is 381. The summed E-state index contributed by atoms with van der Waals surface area (Å²) in [7, 11) is 1.69. The van der Waals surface area contributed by atoms with Crippen LogP contribution in [0.1, 0.15) is 51.4 Å². The van der Waals surface area contributed by atoms with E-state index in [1.807, 2.05) is 6.26 Å². The monoisotopic (exact) mass is 268 g/mol. The Balaban J connectivity index is 1.89. The van der Waals surface area contributed by atoms with Gasteiger partial charge in [0.2, 0.25) is 0 Å². The summed E-state index contributed by atoms with van der Waals surface area (Å²) in [6, 6.07) is 0. The third kappa shape index (κ3) is 4.19. The molecule has 2 aliphatic carbocycles. The van der Waals surface area contributed by atoms with Crippen molar-refractivity contribution in [2.24, 2.45) is 5.92 Å². The molecule has 19 heavy (non-hydrogen) atoms. The van der Waals surface area contributed by atoms with Crippen molar-refractivity contribution in [3.8, 4) is 0 Å². The van der Waals surface area contributed by atoms with Gasteiger partial charge in [0.15, 0.2) is 0 Å². The van der Waals surface area contributed by atoms with Crippen LogP contribution in [-0.4, -0.2) is 7.11 Å². The van der Waals surface area contributed by atoms with Crippen molar-refractivity contribution in [2.45, 2.75) is 51.4 Å². The maximum atomic E-state index is 12.2. The molecular weight excluding hydrogens is 246 g/mol. The fourth-order valence-corrected chi connectivity index (χ4v) is 3.20. The van der Waals surface area contributed by atoms with Gasteiger partial charge in [0.25, 0.3) is 6.08 Å². The van der Waals surface area contributed by atoms with Crippen molar-refractivity contribution < 1.29 is 13.5 Å². The van der Waals surface area contributed by atoms with Gasteiger partial charge in [-0.1, -0.05) is 11.1 Å². The maximum absolute atomic E-state index is 12.2. The Morgan fingerprint density at radius 2 is 1.58 bits per heavy atom. The quantitative estimate of drug-likeness (QED) is 0.484. The van der Waals surface area contributed by atoms with Gasteiger partial charge in [0.1, 0.15) is 0 Å². The molecule has 0 amide bonds. The van der Waals surface area contributed by atoms with Crippen LogP contribution >= 0.6 is 0 Å². The van der Waals surface area contributed by atoms with Crippen LogP contribution in [0.2, 0.25) is 0 Å². The predicted molar refractivity (Wildman–Crippen MR) is 72.8 cm³/mol. The second kappa shape index (κ2) is 6.88. The molecule has 0 radical (unpaired) electrons. The van der Waals surface area contributed by atoms with E-state index in [9.17, 15) is 8.78 Å². The van der Waals surface area contributed by atoms with E-state index in [0.717, 1.165) is 57.4 Å². The average Bonchev–Trinajstić information content (AvgIpc) is 2.40. The second-order valence-corrected chi connectivity index (χ2v) is 5.51. The summed E-state index contributed by atoms with van der Waals surface area (Å²) < 4.78 is 29.5. The highest BCUT2D eigenvalue weighted by molar-refractivity contribution is 5.23. The van der Waals surface area contributed by atoms with Crippen LogP contribution in [0.25, 0.3) is 0 Å². The standard InChI is InChI=1S/C16H22F2O/c1-19-11-13-4-8-15(9-5-13)14-6-2-12(3-7-14)10-16(17)18/h10-12H,2-9H2,1H3. The van der Waals surface area contributed by atoms with Crippen molar-refractivity contribution in [1.29, 1.82) is 0 Å². The minimum atomic E-state index is -1.52. The van der Waals surface area contributed by atoms with Crippen molar-refractivity contribution in [3.05, 3.63) is 35.1 Å². The normalized spacial score (nSPS) is 24.2. The molecule has 0 heterocycles. The fraction of sp³-hybridized carbons (Fsp3) is 0.625. The minimum Gasteiger partial charge on any atom is -0.504 e. The first-order chi connectivity index (χ1) is 9.19. The van der Waals surface area contributed by atoms with Gasteiger partial charge in [-0.25, -0.2) is 0 Å². The lowest BCUT2D eigenvalue weighted by Crippen LogP contribution is -2.10. The van der Waals surface area contributed by atoms with E-state index in [-0.39, 0.29) is 5.92 Å². The van der Waals surface area contributed by atoms with E-state index in [2.05, 4.69) is 0 Å². The van der Waals surface area contributed by atoms with E-state index in [0.29, 0.717) is 0 Å². The molecular formula is C16H22F2O. The summed E-state index contributed by atoms with van der Waals surface area (Å²) in [5.41, 5.74) is 4.51. The highest BCUT2D eigenvalue weighted by atomic mass is 19.3. The van der Waals surface area contributed by atoms with Gasteiger partial charge < -0.3 is 4.74 Å². The van der Waals surface area contributed by atoms with Gasteiger partial charge in [-0.3, -0.25) is 0 Å². The van der Waals surface area contributed by atoms with Gasteiger partial charge in [-0.2, -0.15) is 8.78 Å². The van der Waals surface area contributed by atoms with Crippen LogP contribution in [-0.2, 0) is 4.74 Å². The topological polar surface area (TPSA) is 9.23 Å². The molecule has 0 saturated heterocycles. The lowest BCUT2D eigenvalue weighted by atomic mass is 9.79. The van der Waals surface area contributed by atoms with E-state index in [1.54, 1.807) is 18.3 Å². The van der Waals surface area contributed by atoms with Crippen LogP contribution in [0.5, 0.6) is 0 Å². The summed E-state index contributed by atoms with van der Waals surface area (Å²) in [4.78, 5) is 0. The lowest BCUT2D eigenvalue weighted by Gasteiger charge is -2.26. The number of hydrogen-bond donors (Lipinski definition) is 0. The highest BCUT2D eigenvalue weighted by Crippen LogP contribution is 2.37. The zero-order valence-corrected chi connectivity index (χ0v) is 11.6. The van der Waals surface area contributed by atoms with Crippen LogP contribution in [0, 0.1) is 5.92 Å². The first-order valence-corrected chi connectivity index (χ1v) is 7.12. The molecule has 2 fully saturated rings. The van der Waals surface area contributed by atoms with Gasteiger partial charge in [0.05, 0.1) is 13.4 Å². The SMILES string of the molecule is COC=C1CCC(=C2CCC(C=C(F)F)CC2)CC1. The molecule has 0 aromatic rings. The Kier molecular flexibility index (Phi) is 5.17. The van der Waals surface area contributed by atoms with E-state index in [4.69, 9.17) is 4.74 Å². The zero-order chi connectivity index (χ0) is 13.7. The lowest BCUT2D eigenvalue weighted by molar-refractivity contribution is 0.329. The molecule has 0 aromatic heterocycles. The predicted octanol–water partition coefficient (Wildman–Crippen LogP) is 5.36. The van der Waals surface area contributed by atoms with Crippen molar-refractivity contribution >= 4 is 0 Å². The summed E-state index contributed by atoms with van der Waals surface area (Å²) in [5, 5.41) is 0. The molecule has 0 atom stereocenters. The number of ether oxygens (including phenoxy) is 1. The highest BCUT2D eigenvalue weighted by Gasteiger charge is 2.20. The summed E-state index contributed by atoms with van der Waals surface area (Å²) >= 11 is 0. The molecule has 0 spiro atoms. The molecule has 106 valence electrons. The number of methoxy groups -OCH3 is 1. The number of hydrogen-bond acceptors (Lipinski definition) is 1. The zero-order valence-electron chi connectivity index (χ0n) is 11.6. The van der Waals surface area contributed by atoms with E-state index >= 15 is 0 Å². The third-order valence-electron chi connectivity index (χ3n) is 4.28. The summed E-state index contributed by atoms with van der Waals surface area (Å²) in [6.45, 7) is 0. The molecule has 0 N–H and O–H groups in total. The van der Waals surface area contributed by atoms with E-state index in [1.165, 1.54) is 5.57 Å². The fourth-order valence-electron chi connectivity index (χ4n) is 3.20. The molecule has 0 aliphatic heterocycles. The maximum Gasteiger partial charge on any atom is 0.266 e. The Morgan fingerprint density at radius 1 is 1.00 bits per heavy atom. The van der Waals surface area contributed by atoms with E-state index < -0.39 is 6.08 Å². The molecule has 2 rings (SSSR count). The Labute approximate surface area is 114 Å². The second-order valence-electron chi connectivity index (χ2n) is 5.51. The Morgan fingerprint density at radius 3 is 2.11 bits per heavy atom. The number of rotatable bonds is 2. The van der Waals surface area contributed by atoms with Gasteiger partial charge in [-0.15, -0.1) is 0 Å². The van der Waals surface area contributed by atoms with Crippen LogP contribution < -0.4 is 0 Å². The molecule has 0 aromatic carbocycles. The van der Waals surface area contributed by atoms with Crippen molar-refractivity contribution in [1.82, 2.24) is 0 Å². The summed E-state index contributed by atoms with van der Waals surface area (Å²) in [6.07, 6.45) is 9.71. The first kappa shape index (κ1) is 14.3.